The lowest BCUT2D eigenvalue weighted by Gasteiger charge is -2.26. The van der Waals surface area contributed by atoms with Gasteiger partial charge in [-0.05, 0) is 36.8 Å². The van der Waals surface area contributed by atoms with Crippen molar-refractivity contribution in [3.63, 3.8) is 0 Å². The van der Waals surface area contributed by atoms with Crippen LogP contribution in [0.1, 0.15) is 15.9 Å². The third-order valence-corrected chi connectivity index (χ3v) is 7.05. The number of nitrogens with zero attached hydrogens (tertiary/aromatic N) is 1. The molecule has 3 rings (SSSR count). The predicted molar refractivity (Wildman–Crippen MR) is 119 cm³/mol. The summed E-state index contributed by atoms with van der Waals surface area (Å²) in [6, 6.07) is 9.17. The highest BCUT2D eigenvalue weighted by molar-refractivity contribution is 7.89. The molecular weight excluding hydrogens is 452 g/mol. The van der Waals surface area contributed by atoms with E-state index in [9.17, 15) is 18.0 Å². The summed E-state index contributed by atoms with van der Waals surface area (Å²) in [7, 11) is -1.03. The van der Waals surface area contributed by atoms with E-state index in [0.29, 0.717) is 30.2 Å². The Kier molecular flexibility index (Phi) is 7.90. The maximum atomic E-state index is 13.0. The molecule has 1 aliphatic rings. The summed E-state index contributed by atoms with van der Waals surface area (Å²) in [6.07, 6.45) is 0. The van der Waals surface area contributed by atoms with Gasteiger partial charge in [0.05, 0.1) is 32.3 Å². The van der Waals surface area contributed by atoms with E-state index in [4.69, 9.17) is 18.9 Å². The highest BCUT2D eigenvalue weighted by atomic mass is 32.2. The van der Waals surface area contributed by atoms with Crippen LogP contribution in [-0.2, 0) is 24.3 Å². The number of ether oxygens (including phenoxy) is 4. The summed E-state index contributed by atoms with van der Waals surface area (Å²) in [6.45, 7) is 2.49. The first kappa shape index (κ1) is 24.5. The van der Waals surface area contributed by atoms with Crippen LogP contribution in [0.15, 0.2) is 41.3 Å². The summed E-state index contributed by atoms with van der Waals surface area (Å²) in [5.41, 5.74) is 1.01. The molecule has 10 nitrogen and oxygen atoms in total. The smallest absolute Gasteiger partial charge is 0.341 e. The van der Waals surface area contributed by atoms with Gasteiger partial charge < -0.3 is 24.3 Å². The number of morpholine rings is 1. The molecule has 0 bridgehead atoms. The molecule has 2 aromatic carbocycles. The molecule has 1 N–H and O–H groups in total. The van der Waals surface area contributed by atoms with Gasteiger partial charge in [-0.3, -0.25) is 4.79 Å². The molecule has 0 aliphatic carbocycles. The van der Waals surface area contributed by atoms with Crippen LogP contribution in [-0.4, -0.2) is 71.7 Å². The standard InChI is InChI=1S/C22H26N2O8S/c1-15-4-5-16(12-20(15)33(27,28)24-8-10-31-11-9-24)23-21(25)14-32-19-13-17(29-2)6-7-18(19)22(26)30-3/h4-7,12-13H,8-11,14H2,1-3H3,(H,23,25). The fourth-order valence-electron chi connectivity index (χ4n) is 3.25. The van der Waals surface area contributed by atoms with Gasteiger partial charge in [0.15, 0.2) is 6.61 Å². The number of aryl methyl sites for hydroxylation is 1. The van der Waals surface area contributed by atoms with Crippen molar-refractivity contribution in [2.24, 2.45) is 0 Å². The molecule has 0 radical (unpaired) electrons. The second-order valence-corrected chi connectivity index (χ2v) is 9.09. The fourth-order valence-corrected chi connectivity index (χ4v) is 4.91. The first-order valence-electron chi connectivity index (χ1n) is 10.1. The van der Waals surface area contributed by atoms with Gasteiger partial charge in [0.25, 0.3) is 5.91 Å². The third kappa shape index (κ3) is 5.81. The van der Waals surface area contributed by atoms with E-state index in [1.807, 2.05) is 0 Å². The zero-order valence-corrected chi connectivity index (χ0v) is 19.4. The van der Waals surface area contributed by atoms with E-state index < -0.39 is 28.5 Å². The Morgan fingerprint density at radius 3 is 2.48 bits per heavy atom. The Labute approximate surface area is 192 Å². The summed E-state index contributed by atoms with van der Waals surface area (Å²) in [5.74, 6) is -0.595. The molecule has 1 amide bonds. The molecule has 11 heteroatoms. The van der Waals surface area contributed by atoms with Gasteiger partial charge in [-0.25, -0.2) is 13.2 Å². The first-order valence-corrected chi connectivity index (χ1v) is 11.6. The van der Waals surface area contributed by atoms with Crippen LogP contribution in [0.5, 0.6) is 11.5 Å². The number of carbonyl (C=O) groups excluding carboxylic acids is 2. The monoisotopic (exact) mass is 478 g/mol. The van der Waals surface area contributed by atoms with Crippen LogP contribution in [0.3, 0.4) is 0 Å². The topological polar surface area (TPSA) is 120 Å². The minimum Gasteiger partial charge on any atom is -0.497 e. The van der Waals surface area contributed by atoms with Crippen molar-refractivity contribution >= 4 is 27.6 Å². The number of hydrogen-bond donors (Lipinski definition) is 1. The number of anilines is 1. The van der Waals surface area contributed by atoms with Gasteiger partial charge in [-0.15, -0.1) is 0 Å². The number of benzene rings is 2. The average molecular weight is 479 g/mol. The van der Waals surface area contributed by atoms with Crippen molar-refractivity contribution in [1.29, 1.82) is 0 Å². The van der Waals surface area contributed by atoms with Crippen molar-refractivity contribution in [3.05, 3.63) is 47.5 Å². The van der Waals surface area contributed by atoms with Crippen LogP contribution < -0.4 is 14.8 Å². The zero-order chi connectivity index (χ0) is 24.0. The second kappa shape index (κ2) is 10.6. The SMILES string of the molecule is COC(=O)c1ccc(OC)cc1OCC(=O)Nc1ccc(C)c(S(=O)(=O)N2CCOCC2)c1. The van der Waals surface area contributed by atoms with Crippen molar-refractivity contribution in [1.82, 2.24) is 4.31 Å². The largest absolute Gasteiger partial charge is 0.497 e. The number of rotatable bonds is 8. The van der Waals surface area contributed by atoms with Crippen LogP contribution in [0.4, 0.5) is 5.69 Å². The number of methoxy groups -OCH3 is 2. The maximum Gasteiger partial charge on any atom is 0.341 e. The molecule has 1 fully saturated rings. The third-order valence-electron chi connectivity index (χ3n) is 5.01. The van der Waals surface area contributed by atoms with E-state index >= 15 is 0 Å². The number of sulfonamides is 1. The zero-order valence-electron chi connectivity index (χ0n) is 18.6. The summed E-state index contributed by atoms with van der Waals surface area (Å²) < 4.78 is 48.0. The van der Waals surface area contributed by atoms with Crippen molar-refractivity contribution in [2.75, 3.05) is 52.4 Å². The Hall–Kier alpha value is -3.15. The minimum atomic E-state index is -3.73. The fraction of sp³-hybridized carbons (Fsp3) is 0.364. The highest BCUT2D eigenvalue weighted by Gasteiger charge is 2.28. The molecule has 0 atom stereocenters. The summed E-state index contributed by atoms with van der Waals surface area (Å²) in [4.78, 5) is 24.5. The quantitative estimate of drug-likeness (QED) is 0.571. The average Bonchev–Trinajstić information content (AvgIpc) is 2.83. The summed E-state index contributed by atoms with van der Waals surface area (Å²) in [5, 5.41) is 2.63. The lowest BCUT2D eigenvalue weighted by atomic mass is 10.2. The molecule has 1 heterocycles. The number of carbonyl (C=O) groups is 2. The van der Waals surface area contributed by atoms with Crippen molar-refractivity contribution in [3.8, 4) is 11.5 Å². The molecular formula is C22H26N2O8S. The van der Waals surface area contributed by atoms with Gasteiger partial charge >= 0.3 is 5.97 Å². The van der Waals surface area contributed by atoms with Crippen LogP contribution in [0, 0.1) is 6.92 Å². The molecule has 1 aliphatic heterocycles. The molecule has 0 saturated carbocycles. The maximum absolute atomic E-state index is 13.0. The second-order valence-electron chi connectivity index (χ2n) is 7.19. The van der Waals surface area contributed by atoms with Gasteiger partial charge in [0.1, 0.15) is 17.1 Å². The molecule has 0 spiro atoms. The Morgan fingerprint density at radius 2 is 1.82 bits per heavy atom. The van der Waals surface area contributed by atoms with Gasteiger partial charge in [0.2, 0.25) is 10.0 Å². The van der Waals surface area contributed by atoms with Crippen molar-refractivity contribution < 1.29 is 37.0 Å². The summed E-state index contributed by atoms with van der Waals surface area (Å²) >= 11 is 0. The number of esters is 1. The van der Waals surface area contributed by atoms with E-state index in [2.05, 4.69) is 5.32 Å². The van der Waals surface area contributed by atoms with E-state index in [1.54, 1.807) is 25.1 Å². The number of hydrogen-bond acceptors (Lipinski definition) is 8. The molecule has 1 saturated heterocycles. The van der Waals surface area contributed by atoms with Gasteiger partial charge in [-0.2, -0.15) is 4.31 Å². The van der Waals surface area contributed by atoms with E-state index in [-0.39, 0.29) is 29.3 Å². The van der Waals surface area contributed by atoms with Crippen LogP contribution >= 0.6 is 0 Å². The Morgan fingerprint density at radius 1 is 1.09 bits per heavy atom. The number of nitrogens with one attached hydrogen (secondary N) is 1. The Balaban J connectivity index is 1.73. The minimum absolute atomic E-state index is 0.115. The Bertz CT molecular complexity index is 1130. The number of amides is 1. The van der Waals surface area contributed by atoms with Gasteiger partial charge in [-0.1, -0.05) is 6.07 Å². The normalized spacial score (nSPS) is 14.4. The molecule has 0 aromatic heterocycles. The lowest BCUT2D eigenvalue weighted by Crippen LogP contribution is -2.40. The van der Waals surface area contributed by atoms with Crippen LogP contribution in [0.25, 0.3) is 0 Å². The highest BCUT2D eigenvalue weighted by Crippen LogP contribution is 2.26. The van der Waals surface area contributed by atoms with Crippen LogP contribution in [0.2, 0.25) is 0 Å². The molecule has 178 valence electrons. The molecule has 33 heavy (non-hydrogen) atoms. The lowest BCUT2D eigenvalue weighted by molar-refractivity contribution is -0.118. The predicted octanol–water partition coefficient (Wildman–Crippen LogP) is 1.83. The molecule has 0 unspecified atom stereocenters. The van der Waals surface area contributed by atoms with Gasteiger partial charge in [0, 0.05) is 24.8 Å². The van der Waals surface area contributed by atoms with Crippen molar-refractivity contribution in [2.45, 2.75) is 11.8 Å². The van der Waals surface area contributed by atoms with E-state index in [1.165, 1.54) is 36.7 Å². The first-order chi connectivity index (χ1) is 15.8. The molecule has 2 aromatic rings. The van der Waals surface area contributed by atoms with E-state index in [0.717, 1.165) is 0 Å².